The van der Waals surface area contributed by atoms with Crippen LogP contribution in [0, 0.1) is 0 Å². The van der Waals surface area contributed by atoms with Crippen LogP contribution in [-0.2, 0) is 20.9 Å². The van der Waals surface area contributed by atoms with Gasteiger partial charge in [0.25, 0.3) is 0 Å². The molecule has 3 aromatic rings. The van der Waals surface area contributed by atoms with Gasteiger partial charge in [0.2, 0.25) is 5.91 Å². The number of hydrogen-bond donors (Lipinski definition) is 2. The van der Waals surface area contributed by atoms with Crippen LogP contribution >= 0.6 is 0 Å². The van der Waals surface area contributed by atoms with Gasteiger partial charge in [-0.25, -0.2) is 4.98 Å². The molecule has 2 atom stereocenters. The summed E-state index contributed by atoms with van der Waals surface area (Å²) in [5, 5.41) is 2.67. The highest BCUT2D eigenvalue weighted by molar-refractivity contribution is 5.94. The second-order valence-corrected chi connectivity index (χ2v) is 6.73. The van der Waals surface area contributed by atoms with Crippen molar-refractivity contribution in [2.75, 3.05) is 11.9 Å². The molecular formula is C22H24N4O3. The largest absolute Gasteiger partial charge is 0.375 e. The third-order valence-electron chi connectivity index (χ3n) is 4.40. The molecule has 3 rings (SSSR count). The van der Waals surface area contributed by atoms with Crippen molar-refractivity contribution in [2.45, 2.75) is 25.6 Å². The summed E-state index contributed by atoms with van der Waals surface area (Å²) in [6, 6.07) is 17.7. The minimum atomic E-state index is -0.832. The fourth-order valence-electron chi connectivity index (χ4n) is 2.97. The first-order valence-corrected chi connectivity index (χ1v) is 9.31. The molecular weight excluding hydrogens is 368 g/mol. The van der Waals surface area contributed by atoms with E-state index in [0.29, 0.717) is 12.4 Å². The Balaban J connectivity index is 1.57. The Morgan fingerprint density at radius 1 is 1.10 bits per heavy atom. The van der Waals surface area contributed by atoms with Crippen LogP contribution in [0.15, 0.2) is 73.2 Å². The van der Waals surface area contributed by atoms with Gasteiger partial charge in [-0.3, -0.25) is 9.59 Å². The van der Waals surface area contributed by atoms with E-state index in [-0.39, 0.29) is 12.4 Å². The number of hydrogen-bond acceptors (Lipinski definition) is 5. The standard InChI is InChI=1S/C22H24N4O3/c1-16(27)21(18-10-6-3-7-11-18)26-12-20(24-15-26)25-22(28)19(23)14-29-13-17-8-4-2-5-9-17/h2-12,15,19,21H,13-14,23H2,1H3,(H,25,28)/t19-,21?/m1/s1. The van der Waals surface area contributed by atoms with Gasteiger partial charge in [0, 0.05) is 6.20 Å². The van der Waals surface area contributed by atoms with E-state index in [1.165, 1.54) is 13.3 Å². The lowest BCUT2D eigenvalue weighted by molar-refractivity contribution is -0.119. The molecule has 7 heteroatoms. The first-order valence-electron chi connectivity index (χ1n) is 9.31. The van der Waals surface area contributed by atoms with Gasteiger partial charge < -0.3 is 20.4 Å². The number of nitrogens with zero attached hydrogens (tertiary/aromatic N) is 2. The second-order valence-electron chi connectivity index (χ2n) is 6.73. The van der Waals surface area contributed by atoms with Crippen molar-refractivity contribution in [2.24, 2.45) is 5.73 Å². The van der Waals surface area contributed by atoms with Gasteiger partial charge in [-0.1, -0.05) is 60.7 Å². The molecule has 0 bridgehead atoms. The summed E-state index contributed by atoms with van der Waals surface area (Å²) in [5.41, 5.74) is 7.77. The normalized spacial score (nSPS) is 12.9. The van der Waals surface area contributed by atoms with Crippen LogP contribution in [0.1, 0.15) is 24.1 Å². The Morgan fingerprint density at radius 3 is 2.41 bits per heavy atom. The van der Waals surface area contributed by atoms with Gasteiger partial charge in [-0.15, -0.1) is 0 Å². The highest BCUT2D eigenvalue weighted by Crippen LogP contribution is 2.20. The minimum Gasteiger partial charge on any atom is -0.375 e. The molecule has 1 unspecified atom stereocenters. The van der Waals surface area contributed by atoms with Crippen molar-refractivity contribution in [1.29, 1.82) is 0 Å². The molecule has 3 N–H and O–H groups in total. The van der Waals surface area contributed by atoms with E-state index in [0.717, 1.165) is 11.1 Å². The Morgan fingerprint density at radius 2 is 1.76 bits per heavy atom. The highest BCUT2D eigenvalue weighted by atomic mass is 16.5. The van der Waals surface area contributed by atoms with Gasteiger partial charge in [0.05, 0.1) is 19.5 Å². The Labute approximate surface area is 169 Å². The summed E-state index contributed by atoms with van der Waals surface area (Å²) in [6.45, 7) is 1.99. The van der Waals surface area contributed by atoms with Crippen molar-refractivity contribution in [3.63, 3.8) is 0 Å². The lowest BCUT2D eigenvalue weighted by atomic mass is 10.0. The van der Waals surface area contributed by atoms with E-state index in [2.05, 4.69) is 10.3 Å². The highest BCUT2D eigenvalue weighted by Gasteiger charge is 2.20. The number of nitrogens with one attached hydrogen (secondary N) is 1. The van der Waals surface area contributed by atoms with Crippen molar-refractivity contribution < 1.29 is 14.3 Å². The average Bonchev–Trinajstić information content (AvgIpc) is 3.17. The lowest BCUT2D eigenvalue weighted by Crippen LogP contribution is -2.39. The first kappa shape index (κ1) is 20.4. The SMILES string of the molecule is CC(=O)C(c1ccccc1)n1cnc(NC(=O)[C@H](N)COCc2ccccc2)c1. The fraction of sp³-hybridized carbons (Fsp3) is 0.227. The van der Waals surface area contributed by atoms with Crippen LogP contribution in [0.3, 0.4) is 0 Å². The van der Waals surface area contributed by atoms with Crippen LogP contribution < -0.4 is 11.1 Å². The van der Waals surface area contributed by atoms with Gasteiger partial charge in [0.1, 0.15) is 12.1 Å². The molecule has 0 radical (unpaired) electrons. The molecule has 0 aliphatic heterocycles. The number of ketones is 1. The molecule has 150 valence electrons. The molecule has 2 aromatic carbocycles. The molecule has 0 aliphatic carbocycles. The first-order chi connectivity index (χ1) is 14.0. The third-order valence-corrected chi connectivity index (χ3v) is 4.40. The van der Waals surface area contributed by atoms with E-state index in [9.17, 15) is 9.59 Å². The summed E-state index contributed by atoms with van der Waals surface area (Å²) in [7, 11) is 0. The zero-order chi connectivity index (χ0) is 20.6. The van der Waals surface area contributed by atoms with Crippen LogP contribution in [0.5, 0.6) is 0 Å². The maximum atomic E-state index is 12.3. The number of ether oxygens (including phenoxy) is 1. The van der Waals surface area contributed by atoms with E-state index in [1.807, 2.05) is 60.7 Å². The Kier molecular flexibility index (Phi) is 6.89. The summed E-state index contributed by atoms with van der Waals surface area (Å²) in [4.78, 5) is 28.6. The van der Waals surface area contributed by atoms with E-state index >= 15 is 0 Å². The summed E-state index contributed by atoms with van der Waals surface area (Å²) < 4.78 is 7.19. The summed E-state index contributed by atoms with van der Waals surface area (Å²) in [5.74, 6) is -0.101. The number of imidazole rings is 1. The van der Waals surface area contributed by atoms with Gasteiger partial charge in [-0.2, -0.15) is 0 Å². The number of carbonyl (C=O) groups excluding carboxylic acids is 2. The Bertz CT molecular complexity index is 941. The topological polar surface area (TPSA) is 99.2 Å². The predicted molar refractivity (Wildman–Crippen MR) is 110 cm³/mol. The van der Waals surface area contributed by atoms with Crippen LogP contribution in [-0.4, -0.2) is 33.9 Å². The molecule has 0 saturated heterocycles. The minimum absolute atomic E-state index is 0.0301. The molecule has 7 nitrogen and oxygen atoms in total. The van der Waals surface area contributed by atoms with E-state index in [4.69, 9.17) is 10.5 Å². The quantitative estimate of drug-likeness (QED) is 0.583. The lowest BCUT2D eigenvalue weighted by Gasteiger charge is -2.15. The monoisotopic (exact) mass is 392 g/mol. The van der Waals surface area contributed by atoms with E-state index in [1.54, 1.807) is 10.8 Å². The fourth-order valence-corrected chi connectivity index (χ4v) is 2.97. The summed E-state index contributed by atoms with van der Waals surface area (Å²) in [6.07, 6.45) is 3.14. The molecule has 1 heterocycles. The number of rotatable bonds is 9. The Hall–Kier alpha value is -3.29. The van der Waals surface area contributed by atoms with Gasteiger partial charge >= 0.3 is 0 Å². The van der Waals surface area contributed by atoms with Crippen molar-refractivity contribution >= 4 is 17.5 Å². The number of aromatic nitrogens is 2. The molecule has 29 heavy (non-hydrogen) atoms. The van der Waals surface area contributed by atoms with E-state index < -0.39 is 18.0 Å². The molecule has 0 aliphatic rings. The number of amides is 1. The number of anilines is 1. The molecule has 0 saturated carbocycles. The number of carbonyl (C=O) groups is 2. The summed E-state index contributed by atoms with van der Waals surface area (Å²) >= 11 is 0. The van der Waals surface area contributed by atoms with Gasteiger partial charge in [0.15, 0.2) is 11.6 Å². The third kappa shape index (κ3) is 5.60. The number of nitrogens with two attached hydrogens (primary N) is 1. The van der Waals surface area contributed by atoms with Gasteiger partial charge in [-0.05, 0) is 18.1 Å². The van der Waals surface area contributed by atoms with Crippen molar-refractivity contribution in [3.8, 4) is 0 Å². The number of benzene rings is 2. The molecule has 1 aromatic heterocycles. The van der Waals surface area contributed by atoms with Crippen molar-refractivity contribution in [3.05, 3.63) is 84.3 Å². The van der Waals surface area contributed by atoms with Crippen LogP contribution in [0.2, 0.25) is 0 Å². The maximum absolute atomic E-state index is 12.3. The predicted octanol–water partition coefficient (Wildman–Crippen LogP) is 2.54. The van der Waals surface area contributed by atoms with Crippen LogP contribution in [0.4, 0.5) is 5.82 Å². The average molecular weight is 392 g/mol. The number of Topliss-reactive ketones (excluding diaryl/α,β-unsaturated/α-hetero) is 1. The zero-order valence-electron chi connectivity index (χ0n) is 16.2. The smallest absolute Gasteiger partial charge is 0.244 e. The molecule has 0 fully saturated rings. The maximum Gasteiger partial charge on any atom is 0.244 e. The zero-order valence-corrected chi connectivity index (χ0v) is 16.2. The van der Waals surface area contributed by atoms with Crippen molar-refractivity contribution in [1.82, 2.24) is 9.55 Å². The van der Waals surface area contributed by atoms with Crippen LogP contribution in [0.25, 0.3) is 0 Å². The second kappa shape index (κ2) is 9.77. The molecule has 0 spiro atoms. The molecule has 1 amide bonds.